The number of esters is 1. The minimum Gasteiger partial charge on any atom is -0.487 e. The van der Waals surface area contributed by atoms with E-state index < -0.39 is 23.5 Å². The molecule has 210 valence electrons. The van der Waals surface area contributed by atoms with Gasteiger partial charge in [-0.1, -0.05) is 30.3 Å². The highest BCUT2D eigenvalue weighted by atomic mass is 19.1. The van der Waals surface area contributed by atoms with Crippen LogP contribution in [0.3, 0.4) is 0 Å². The smallest absolute Gasteiger partial charge is 0.410 e. The van der Waals surface area contributed by atoms with Crippen LogP contribution in [0.4, 0.5) is 9.18 Å². The van der Waals surface area contributed by atoms with Crippen molar-refractivity contribution in [3.63, 3.8) is 0 Å². The van der Waals surface area contributed by atoms with Gasteiger partial charge in [-0.2, -0.15) is 0 Å². The van der Waals surface area contributed by atoms with Crippen molar-refractivity contribution < 1.29 is 28.2 Å². The summed E-state index contributed by atoms with van der Waals surface area (Å²) in [5, 5.41) is 5.42. The van der Waals surface area contributed by atoms with Crippen molar-refractivity contribution in [1.82, 2.24) is 9.88 Å². The summed E-state index contributed by atoms with van der Waals surface area (Å²) in [6.07, 6.45) is 1.42. The van der Waals surface area contributed by atoms with E-state index in [4.69, 9.17) is 14.2 Å². The summed E-state index contributed by atoms with van der Waals surface area (Å²) in [5.41, 5.74) is 1.53. The van der Waals surface area contributed by atoms with Gasteiger partial charge >= 0.3 is 12.1 Å². The van der Waals surface area contributed by atoms with Gasteiger partial charge in [-0.05, 0) is 77.7 Å². The number of aryl methyl sites for hydroxylation is 1. The number of rotatable bonds is 4. The number of benzene rings is 4. The highest BCUT2D eigenvalue weighted by molar-refractivity contribution is 6.29. The van der Waals surface area contributed by atoms with E-state index in [-0.39, 0.29) is 17.5 Å². The van der Waals surface area contributed by atoms with Crippen LogP contribution in [0.2, 0.25) is 0 Å². The second-order valence-corrected chi connectivity index (χ2v) is 11.6. The molecule has 0 N–H and O–H groups in total. The Morgan fingerprint density at radius 3 is 2.56 bits per heavy atom. The molecule has 0 spiro atoms. The Hall–Kier alpha value is -4.46. The number of nitrogens with zero attached hydrogens (tertiary/aromatic N) is 2. The van der Waals surface area contributed by atoms with Crippen molar-refractivity contribution in [2.45, 2.75) is 45.8 Å². The zero-order valence-corrected chi connectivity index (χ0v) is 23.7. The molecule has 1 aliphatic heterocycles. The Morgan fingerprint density at radius 2 is 1.83 bits per heavy atom. The Kier molecular flexibility index (Phi) is 6.44. The van der Waals surface area contributed by atoms with E-state index in [1.54, 1.807) is 4.90 Å². The second kappa shape index (κ2) is 9.87. The van der Waals surface area contributed by atoms with E-state index in [1.165, 1.54) is 19.4 Å². The molecule has 5 aromatic rings. The van der Waals surface area contributed by atoms with Crippen LogP contribution in [0.1, 0.15) is 43.1 Å². The maximum absolute atomic E-state index is 15.8. The standard InChI is InChI=1S/C33H31FN2O5/c1-18-13-26(31(37)39-5)24-15-25(23-8-6-7-19-9-10-22(18)29(24)28(19)23)30-27(34)14-21(16-35-30)40-20-11-12-36(17-20)32(38)41-33(2,3)4/h6-10,13-16,20H,11-12,17H2,1-5H3/t20-/m0/s1. The van der Waals surface area contributed by atoms with Crippen molar-refractivity contribution in [2.75, 3.05) is 20.2 Å². The van der Waals surface area contributed by atoms with Crippen LogP contribution in [-0.2, 0) is 9.47 Å². The first-order chi connectivity index (χ1) is 19.5. The topological polar surface area (TPSA) is 78.0 Å². The highest BCUT2D eigenvalue weighted by Crippen LogP contribution is 2.43. The maximum Gasteiger partial charge on any atom is 0.410 e. The van der Waals surface area contributed by atoms with E-state index in [2.05, 4.69) is 11.1 Å². The zero-order valence-electron chi connectivity index (χ0n) is 23.7. The van der Waals surface area contributed by atoms with Crippen LogP contribution < -0.4 is 4.74 Å². The monoisotopic (exact) mass is 554 g/mol. The largest absolute Gasteiger partial charge is 0.487 e. The summed E-state index contributed by atoms with van der Waals surface area (Å²) < 4.78 is 32.3. The molecular formula is C33H31FN2O5. The molecule has 4 aromatic carbocycles. The van der Waals surface area contributed by atoms with E-state index in [1.807, 2.05) is 64.1 Å². The molecule has 0 aliphatic carbocycles. The average Bonchev–Trinajstić information content (AvgIpc) is 3.40. The molecule has 7 nitrogen and oxygen atoms in total. The number of aromatic nitrogens is 1. The Bertz CT molecular complexity index is 1830. The van der Waals surface area contributed by atoms with Gasteiger partial charge in [-0.25, -0.2) is 19.0 Å². The van der Waals surface area contributed by atoms with Gasteiger partial charge in [0.1, 0.15) is 23.1 Å². The lowest BCUT2D eigenvalue weighted by Gasteiger charge is -2.24. The van der Waals surface area contributed by atoms with Gasteiger partial charge in [-0.3, -0.25) is 0 Å². The van der Waals surface area contributed by atoms with Crippen LogP contribution >= 0.6 is 0 Å². The van der Waals surface area contributed by atoms with Crippen molar-refractivity contribution in [2.24, 2.45) is 0 Å². The van der Waals surface area contributed by atoms with E-state index in [0.29, 0.717) is 36.0 Å². The van der Waals surface area contributed by atoms with Crippen LogP contribution in [0.15, 0.2) is 54.7 Å². The third-order valence-electron chi connectivity index (χ3n) is 7.55. The first kappa shape index (κ1) is 26.7. The third-order valence-corrected chi connectivity index (χ3v) is 7.55. The van der Waals surface area contributed by atoms with Crippen molar-refractivity contribution in [3.8, 4) is 17.0 Å². The molecule has 0 radical (unpaired) electrons. The summed E-state index contributed by atoms with van der Waals surface area (Å²) in [6.45, 7) is 8.28. The number of hydrogen-bond acceptors (Lipinski definition) is 6. The number of methoxy groups -OCH3 is 1. The number of carbonyl (C=O) groups excluding carboxylic acids is 2. The van der Waals surface area contributed by atoms with Crippen LogP contribution in [-0.4, -0.2) is 53.9 Å². The van der Waals surface area contributed by atoms with Crippen molar-refractivity contribution in [1.29, 1.82) is 0 Å². The number of ether oxygens (including phenoxy) is 3. The summed E-state index contributed by atoms with van der Waals surface area (Å²) in [7, 11) is 1.35. The van der Waals surface area contributed by atoms with E-state index >= 15 is 4.39 Å². The maximum atomic E-state index is 15.8. The summed E-state index contributed by atoms with van der Waals surface area (Å²) in [5.74, 6) is -0.716. The fourth-order valence-corrected chi connectivity index (χ4v) is 5.76. The van der Waals surface area contributed by atoms with E-state index in [0.717, 1.165) is 32.5 Å². The molecule has 0 bridgehead atoms. The molecule has 2 heterocycles. The normalized spacial score (nSPS) is 15.7. The van der Waals surface area contributed by atoms with Gasteiger partial charge in [0, 0.05) is 24.6 Å². The zero-order chi connectivity index (χ0) is 29.1. The minimum absolute atomic E-state index is 0.158. The predicted molar refractivity (Wildman–Crippen MR) is 156 cm³/mol. The van der Waals surface area contributed by atoms with E-state index in [9.17, 15) is 9.59 Å². The van der Waals surface area contributed by atoms with Gasteiger partial charge in [-0.15, -0.1) is 0 Å². The van der Waals surface area contributed by atoms with Gasteiger partial charge in [0.2, 0.25) is 0 Å². The molecule has 0 saturated carbocycles. The molecule has 41 heavy (non-hydrogen) atoms. The van der Waals surface area contributed by atoms with Gasteiger partial charge in [0.25, 0.3) is 0 Å². The number of halogens is 1. The molecule has 1 fully saturated rings. The Morgan fingerprint density at radius 1 is 1.02 bits per heavy atom. The number of carbonyl (C=O) groups is 2. The molecule has 6 rings (SSSR count). The Balaban J connectivity index is 1.38. The predicted octanol–water partition coefficient (Wildman–Crippen LogP) is 7.27. The number of likely N-dealkylation sites (tertiary alicyclic amines) is 1. The fourth-order valence-electron chi connectivity index (χ4n) is 5.76. The first-order valence-electron chi connectivity index (χ1n) is 13.6. The van der Waals surface area contributed by atoms with Crippen LogP contribution in [0.25, 0.3) is 43.6 Å². The lowest BCUT2D eigenvalue weighted by molar-refractivity contribution is 0.0275. The van der Waals surface area contributed by atoms with Gasteiger partial charge in [0.05, 0.1) is 25.4 Å². The third kappa shape index (κ3) is 4.77. The second-order valence-electron chi connectivity index (χ2n) is 11.6. The molecule has 8 heteroatoms. The number of hydrogen-bond donors (Lipinski definition) is 0. The highest BCUT2D eigenvalue weighted by Gasteiger charge is 2.31. The molecule has 0 unspecified atom stereocenters. The molecule has 1 aliphatic rings. The van der Waals surface area contributed by atoms with Crippen LogP contribution in [0, 0.1) is 12.7 Å². The van der Waals surface area contributed by atoms with Gasteiger partial charge < -0.3 is 19.1 Å². The summed E-state index contributed by atoms with van der Waals surface area (Å²) in [6, 6.07) is 15.0. The summed E-state index contributed by atoms with van der Waals surface area (Å²) >= 11 is 0. The summed E-state index contributed by atoms with van der Waals surface area (Å²) in [4.78, 5) is 31.3. The SMILES string of the molecule is COC(=O)c1cc(C)c2ccc3cccc4c(-c5ncc(O[C@H]6CCN(C(=O)OC(C)(C)C)C6)cc5F)cc1c2c34. The quantitative estimate of drug-likeness (QED) is 0.172. The fraction of sp³-hybridized carbons (Fsp3) is 0.303. The van der Waals surface area contributed by atoms with Crippen molar-refractivity contribution >= 4 is 44.4 Å². The van der Waals surface area contributed by atoms with Crippen molar-refractivity contribution in [3.05, 3.63) is 71.7 Å². The molecule has 1 atom stereocenters. The average molecular weight is 555 g/mol. The van der Waals surface area contributed by atoms with Gasteiger partial charge in [0.15, 0.2) is 5.82 Å². The lowest BCUT2D eigenvalue weighted by Crippen LogP contribution is -2.36. The Labute approximate surface area is 237 Å². The molecule has 1 amide bonds. The lowest BCUT2D eigenvalue weighted by atomic mass is 9.86. The molecular weight excluding hydrogens is 523 g/mol. The minimum atomic E-state index is -0.584. The number of pyridine rings is 1. The molecule has 1 saturated heterocycles. The van der Waals surface area contributed by atoms with Crippen LogP contribution in [0.5, 0.6) is 5.75 Å². The number of amides is 1. The first-order valence-corrected chi connectivity index (χ1v) is 13.6. The molecule has 1 aromatic heterocycles.